The molecule has 2 aromatic heterocycles. The molecule has 2 aromatic carbocycles. The molecule has 10 heteroatoms. The summed E-state index contributed by atoms with van der Waals surface area (Å²) in [6.45, 7) is 5.10. The molecule has 228 valence electrons. The number of anilines is 1. The number of carbonyl (C=O) groups is 3. The standard InChI is InChI=1S/C34H36FN5O3S/c1-34(2)21-39(33(43)28-12-7-17-44-28)20-27-29(38-40(30(27)34)19-22-13-15-24(35)16-14-22)32(42)37-26-11-6-8-23(18-26)31(41)36-25-9-4-3-5-10-25/h6-8,11-18,25H,3-5,9-10,19-21H2,1-2H3,(H,36,41)(H,37,42). The number of benzene rings is 2. The lowest BCUT2D eigenvalue weighted by Crippen LogP contribution is -2.46. The van der Waals surface area contributed by atoms with Crippen molar-refractivity contribution in [3.63, 3.8) is 0 Å². The number of amides is 3. The molecule has 4 aromatic rings. The van der Waals surface area contributed by atoms with E-state index in [2.05, 4.69) is 10.6 Å². The van der Waals surface area contributed by atoms with Crippen molar-refractivity contribution in [3.05, 3.63) is 105 Å². The van der Waals surface area contributed by atoms with E-state index in [1.807, 2.05) is 25.3 Å². The van der Waals surface area contributed by atoms with Crippen molar-refractivity contribution in [2.24, 2.45) is 0 Å². The molecule has 1 aliphatic heterocycles. The van der Waals surface area contributed by atoms with Crippen LogP contribution in [0.5, 0.6) is 0 Å². The Morgan fingerprint density at radius 1 is 1.00 bits per heavy atom. The molecule has 1 aliphatic carbocycles. The van der Waals surface area contributed by atoms with Gasteiger partial charge in [-0.3, -0.25) is 19.1 Å². The second-order valence-corrected chi connectivity index (χ2v) is 13.3. The van der Waals surface area contributed by atoms with E-state index in [1.54, 1.807) is 52.0 Å². The fourth-order valence-electron chi connectivity index (χ4n) is 6.41. The monoisotopic (exact) mass is 613 g/mol. The van der Waals surface area contributed by atoms with Crippen LogP contribution in [-0.4, -0.2) is 45.0 Å². The Bertz CT molecular complexity index is 1670. The van der Waals surface area contributed by atoms with E-state index in [0.29, 0.717) is 34.8 Å². The van der Waals surface area contributed by atoms with Crippen molar-refractivity contribution >= 4 is 34.7 Å². The van der Waals surface area contributed by atoms with Crippen LogP contribution in [-0.2, 0) is 18.5 Å². The van der Waals surface area contributed by atoms with Gasteiger partial charge in [0, 0.05) is 34.8 Å². The van der Waals surface area contributed by atoms with Crippen molar-refractivity contribution in [2.75, 3.05) is 11.9 Å². The van der Waals surface area contributed by atoms with Crippen molar-refractivity contribution in [2.45, 2.75) is 70.5 Å². The minimum Gasteiger partial charge on any atom is -0.349 e. The highest BCUT2D eigenvalue weighted by Gasteiger charge is 2.41. The first-order valence-corrected chi connectivity index (χ1v) is 16.0. The first-order valence-electron chi connectivity index (χ1n) is 15.1. The van der Waals surface area contributed by atoms with E-state index in [4.69, 9.17) is 5.10 Å². The molecule has 0 radical (unpaired) electrons. The molecule has 0 bridgehead atoms. The van der Waals surface area contributed by atoms with Gasteiger partial charge in [-0.1, -0.05) is 57.4 Å². The quantitative estimate of drug-likeness (QED) is 0.253. The average molecular weight is 614 g/mol. The largest absolute Gasteiger partial charge is 0.349 e. The first-order chi connectivity index (χ1) is 21.2. The summed E-state index contributed by atoms with van der Waals surface area (Å²) in [5, 5.41) is 12.7. The van der Waals surface area contributed by atoms with E-state index in [0.717, 1.165) is 36.9 Å². The number of thiophene rings is 1. The second kappa shape index (κ2) is 12.4. The Balaban J connectivity index is 1.30. The minimum atomic E-state index is -0.525. The molecule has 3 heterocycles. The van der Waals surface area contributed by atoms with Gasteiger partial charge in [0.05, 0.1) is 23.7 Å². The summed E-state index contributed by atoms with van der Waals surface area (Å²) in [7, 11) is 0. The Morgan fingerprint density at radius 3 is 2.50 bits per heavy atom. The average Bonchev–Trinajstić information content (AvgIpc) is 3.68. The lowest BCUT2D eigenvalue weighted by Gasteiger charge is -2.38. The van der Waals surface area contributed by atoms with Gasteiger partial charge in [0.15, 0.2) is 5.69 Å². The number of halogens is 1. The number of hydrogen-bond donors (Lipinski definition) is 2. The number of hydrogen-bond acceptors (Lipinski definition) is 5. The molecule has 2 aliphatic rings. The molecule has 0 spiro atoms. The topological polar surface area (TPSA) is 96.3 Å². The summed E-state index contributed by atoms with van der Waals surface area (Å²) < 4.78 is 15.4. The van der Waals surface area contributed by atoms with Gasteiger partial charge in [-0.15, -0.1) is 11.3 Å². The van der Waals surface area contributed by atoms with Gasteiger partial charge in [0.1, 0.15) is 5.82 Å². The molecule has 0 unspecified atom stereocenters. The van der Waals surface area contributed by atoms with Gasteiger partial charge in [-0.2, -0.15) is 5.10 Å². The normalized spacial score (nSPS) is 16.3. The van der Waals surface area contributed by atoms with E-state index < -0.39 is 11.3 Å². The maximum absolute atomic E-state index is 13.9. The Hall–Kier alpha value is -4.31. The van der Waals surface area contributed by atoms with Gasteiger partial charge in [-0.25, -0.2) is 4.39 Å². The van der Waals surface area contributed by atoms with Crippen LogP contribution in [0.3, 0.4) is 0 Å². The summed E-state index contributed by atoms with van der Waals surface area (Å²) in [4.78, 5) is 42.7. The van der Waals surface area contributed by atoms with E-state index in [9.17, 15) is 18.8 Å². The number of rotatable bonds is 7. The predicted octanol–water partition coefficient (Wildman–Crippen LogP) is 6.38. The first kappa shape index (κ1) is 29.7. The predicted molar refractivity (Wildman–Crippen MR) is 169 cm³/mol. The van der Waals surface area contributed by atoms with Crippen LogP contribution in [0.25, 0.3) is 0 Å². The molecule has 6 rings (SSSR count). The number of fused-ring (bicyclic) bond motifs is 1. The van der Waals surface area contributed by atoms with Crippen molar-refractivity contribution < 1.29 is 18.8 Å². The molecular weight excluding hydrogens is 577 g/mol. The van der Waals surface area contributed by atoms with Crippen molar-refractivity contribution in [1.29, 1.82) is 0 Å². The zero-order chi connectivity index (χ0) is 30.8. The molecule has 0 saturated heterocycles. The van der Waals surface area contributed by atoms with E-state index >= 15 is 0 Å². The van der Waals surface area contributed by atoms with Crippen LogP contribution in [0, 0.1) is 5.82 Å². The van der Waals surface area contributed by atoms with Gasteiger partial charge in [0.2, 0.25) is 0 Å². The van der Waals surface area contributed by atoms with Crippen LogP contribution < -0.4 is 10.6 Å². The fraction of sp³-hybridized carbons (Fsp3) is 0.353. The zero-order valence-corrected chi connectivity index (χ0v) is 25.8. The maximum Gasteiger partial charge on any atom is 0.276 e. The number of aromatic nitrogens is 2. The molecule has 3 amide bonds. The highest BCUT2D eigenvalue weighted by Crippen LogP contribution is 2.37. The Kier molecular flexibility index (Phi) is 8.35. The van der Waals surface area contributed by atoms with E-state index in [-0.39, 0.29) is 35.9 Å². The molecule has 44 heavy (non-hydrogen) atoms. The van der Waals surface area contributed by atoms with Gasteiger partial charge in [0.25, 0.3) is 17.7 Å². The van der Waals surface area contributed by atoms with E-state index in [1.165, 1.54) is 29.9 Å². The van der Waals surface area contributed by atoms with Crippen LogP contribution in [0.1, 0.15) is 93.3 Å². The summed E-state index contributed by atoms with van der Waals surface area (Å²) in [6, 6.07) is 17.0. The number of carbonyl (C=O) groups excluding carboxylic acids is 3. The highest BCUT2D eigenvalue weighted by atomic mass is 32.1. The summed E-state index contributed by atoms with van der Waals surface area (Å²) in [6.07, 6.45) is 5.40. The smallest absolute Gasteiger partial charge is 0.276 e. The molecule has 2 N–H and O–H groups in total. The third-order valence-corrected chi connectivity index (χ3v) is 9.29. The van der Waals surface area contributed by atoms with Gasteiger partial charge in [-0.05, 0) is 60.2 Å². The number of nitrogens with one attached hydrogen (secondary N) is 2. The minimum absolute atomic E-state index is 0.0898. The second-order valence-electron chi connectivity index (χ2n) is 12.3. The van der Waals surface area contributed by atoms with Crippen LogP contribution in [0.2, 0.25) is 0 Å². The van der Waals surface area contributed by atoms with Crippen LogP contribution >= 0.6 is 11.3 Å². The molecule has 0 atom stereocenters. The molecular formula is C34H36FN5O3S. The van der Waals surface area contributed by atoms with Gasteiger partial charge < -0.3 is 15.5 Å². The molecule has 8 nitrogen and oxygen atoms in total. The Morgan fingerprint density at radius 2 is 1.77 bits per heavy atom. The fourth-order valence-corrected chi connectivity index (χ4v) is 7.10. The molecule has 1 saturated carbocycles. The maximum atomic E-state index is 13.9. The summed E-state index contributed by atoms with van der Waals surface area (Å²) >= 11 is 1.39. The third kappa shape index (κ3) is 6.31. The van der Waals surface area contributed by atoms with Gasteiger partial charge >= 0.3 is 0 Å². The number of nitrogens with zero attached hydrogens (tertiary/aromatic N) is 3. The lowest BCUT2D eigenvalue weighted by atomic mass is 9.82. The summed E-state index contributed by atoms with van der Waals surface area (Å²) in [5.74, 6) is -0.995. The highest BCUT2D eigenvalue weighted by molar-refractivity contribution is 7.12. The summed E-state index contributed by atoms with van der Waals surface area (Å²) in [5.41, 5.74) is 3.04. The zero-order valence-electron chi connectivity index (χ0n) is 24.9. The van der Waals surface area contributed by atoms with Crippen LogP contribution in [0.4, 0.5) is 10.1 Å². The van der Waals surface area contributed by atoms with Crippen LogP contribution in [0.15, 0.2) is 66.0 Å². The Labute approximate surface area is 260 Å². The SMILES string of the molecule is CC1(C)CN(C(=O)c2cccs2)Cc2c(C(=O)Nc3cccc(C(=O)NC4CCCCC4)c3)nn(Cc3ccc(F)cc3)c21. The lowest BCUT2D eigenvalue weighted by molar-refractivity contribution is 0.0684. The van der Waals surface area contributed by atoms with Crippen molar-refractivity contribution in [3.8, 4) is 0 Å². The molecule has 1 fully saturated rings. The van der Waals surface area contributed by atoms with Crippen molar-refractivity contribution in [1.82, 2.24) is 20.0 Å². The third-order valence-electron chi connectivity index (χ3n) is 8.43.